The van der Waals surface area contributed by atoms with Crippen LogP contribution < -0.4 is 11.1 Å². The average molecular weight is 314 g/mol. The van der Waals surface area contributed by atoms with Gasteiger partial charge in [0.2, 0.25) is 15.9 Å². The Morgan fingerprint density at radius 2 is 1.95 bits per heavy atom. The van der Waals surface area contributed by atoms with Crippen LogP contribution in [0.5, 0.6) is 0 Å². The van der Waals surface area contributed by atoms with Crippen LogP contribution in [0.25, 0.3) is 0 Å². The Labute approximate surface area is 121 Å². The van der Waals surface area contributed by atoms with Crippen LogP contribution in [0, 0.1) is 5.92 Å². The van der Waals surface area contributed by atoms with Crippen molar-refractivity contribution in [2.24, 2.45) is 11.7 Å². The van der Waals surface area contributed by atoms with Crippen molar-refractivity contribution in [3.05, 3.63) is 0 Å². The number of amides is 1. The van der Waals surface area contributed by atoms with E-state index in [4.69, 9.17) is 5.73 Å². The molecule has 2 unspecified atom stereocenters. The third kappa shape index (κ3) is 6.07. The molecule has 114 valence electrons. The number of hydrogen-bond donors (Lipinski definition) is 2. The lowest BCUT2D eigenvalue weighted by Crippen LogP contribution is -2.48. The van der Waals surface area contributed by atoms with E-state index in [1.54, 1.807) is 0 Å². The monoisotopic (exact) mass is 313 g/mol. The molecule has 8 heteroatoms. The standard InChI is InChI=1S/C11H23N3O3S.ClH/c1-14(18(2,16)17)8-11(15)13-10-6-4-3-5-9(10)7-12;/h9-10H,3-8,12H2,1-2H3,(H,13,15);1H. The fraction of sp³-hybridized carbons (Fsp3) is 0.909. The van der Waals surface area contributed by atoms with Crippen LogP contribution in [-0.2, 0) is 14.8 Å². The Hall–Kier alpha value is -0.370. The lowest BCUT2D eigenvalue weighted by molar-refractivity contribution is -0.122. The quantitative estimate of drug-likeness (QED) is 0.743. The highest BCUT2D eigenvalue weighted by Crippen LogP contribution is 2.23. The second-order valence-corrected chi connectivity index (χ2v) is 7.06. The second kappa shape index (κ2) is 8.04. The molecule has 1 amide bonds. The molecule has 6 nitrogen and oxygen atoms in total. The second-order valence-electron chi connectivity index (χ2n) is 4.97. The average Bonchev–Trinajstić information content (AvgIpc) is 2.28. The van der Waals surface area contributed by atoms with Crippen molar-refractivity contribution in [2.45, 2.75) is 31.7 Å². The van der Waals surface area contributed by atoms with Gasteiger partial charge in [0.1, 0.15) is 0 Å². The Balaban J connectivity index is 0.00000324. The van der Waals surface area contributed by atoms with E-state index in [0.29, 0.717) is 12.5 Å². The molecular weight excluding hydrogens is 290 g/mol. The molecule has 1 aliphatic rings. The maximum Gasteiger partial charge on any atom is 0.235 e. The van der Waals surface area contributed by atoms with E-state index < -0.39 is 10.0 Å². The molecule has 1 rings (SSSR count). The topological polar surface area (TPSA) is 92.5 Å². The van der Waals surface area contributed by atoms with Crippen LogP contribution >= 0.6 is 12.4 Å². The molecule has 0 bridgehead atoms. The molecule has 1 aliphatic carbocycles. The number of carbonyl (C=O) groups excluding carboxylic acids is 1. The SMILES string of the molecule is CN(CC(=O)NC1CCCCC1CN)S(C)(=O)=O.Cl. The Morgan fingerprint density at radius 3 is 2.47 bits per heavy atom. The van der Waals surface area contributed by atoms with Gasteiger partial charge in [-0.2, -0.15) is 4.31 Å². The number of carbonyl (C=O) groups is 1. The van der Waals surface area contributed by atoms with Crippen molar-refractivity contribution in [3.63, 3.8) is 0 Å². The number of hydrogen-bond acceptors (Lipinski definition) is 4. The zero-order valence-corrected chi connectivity index (χ0v) is 13.1. The third-order valence-electron chi connectivity index (χ3n) is 3.49. The fourth-order valence-electron chi connectivity index (χ4n) is 2.25. The first-order valence-corrected chi connectivity index (χ1v) is 8.10. The number of nitrogens with zero attached hydrogens (tertiary/aromatic N) is 1. The molecule has 1 fully saturated rings. The maximum atomic E-state index is 11.8. The molecule has 0 aromatic carbocycles. The van der Waals surface area contributed by atoms with Crippen molar-refractivity contribution in [2.75, 3.05) is 26.4 Å². The predicted octanol–water partition coefficient (Wildman–Crippen LogP) is -0.0667. The minimum atomic E-state index is -3.31. The predicted molar refractivity (Wildman–Crippen MR) is 77.7 cm³/mol. The molecular formula is C11H24ClN3O3S. The molecule has 3 N–H and O–H groups in total. The molecule has 0 aromatic rings. The summed E-state index contributed by atoms with van der Waals surface area (Å²) in [5, 5.41) is 2.90. The minimum absolute atomic E-state index is 0. The Bertz CT molecular complexity index is 389. The van der Waals surface area contributed by atoms with Crippen molar-refractivity contribution < 1.29 is 13.2 Å². The van der Waals surface area contributed by atoms with E-state index in [1.165, 1.54) is 7.05 Å². The summed E-state index contributed by atoms with van der Waals surface area (Å²) < 4.78 is 23.5. The van der Waals surface area contributed by atoms with Crippen molar-refractivity contribution in [1.82, 2.24) is 9.62 Å². The summed E-state index contributed by atoms with van der Waals surface area (Å²) in [6.07, 6.45) is 5.28. The van der Waals surface area contributed by atoms with Gasteiger partial charge < -0.3 is 11.1 Å². The molecule has 19 heavy (non-hydrogen) atoms. The minimum Gasteiger partial charge on any atom is -0.352 e. The first-order chi connectivity index (χ1) is 8.34. The number of halogens is 1. The van der Waals surface area contributed by atoms with Gasteiger partial charge in [0.25, 0.3) is 0 Å². The van der Waals surface area contributed by atoms with Crippen LogP contribution in [-0.4, -0.2) is 51.1 Å². The summed E-state index contributed by atoms with van der Waals surface area (Å²) in [4.78, 5) is 11.8. The van der Waals surface area contributed by atoms with Crippen molar-refractivity contribution in [3.8, 4) is 0 Å². The molecule has 0 aliphatic heterocycles. The van der Waals surface area contributed by atoms with Crippen LogP contribution in [0.2, 0.25) is 0 Å². The van der Waals surface area contributed by atoms with Crippen LogP contribution in [0.1, 0.15) is 25.7 Å². The zero-order chi connectivity index (χ0) is 13.8. The summed E-state index contributed by atoms with van der Waals surface area (Å²) in [7, 11) is -1.91. The van der Waals surface area contributed by atoms with Gasteiger partial charge in [-0.05, 0) is 25.3 Å². The highest BCUT2D eigenvalue weighted by molar-refractivity contribution is 7.88. The number of nitrogens with one attached hydrogen (secondary N) is 1. The fourth-order valence-corrected chi connectivity index (χ4v) is 2.60. The summed E-state index contributed by atoms with van der Waals surface area (Å²) >= 11 is 0. The van der Waals surface area contributed by atoms with E-state index >= 15 is 0 Å². The Morgan fingerprint density at radius 1 is 1.37 bits per heavy atom. The highest BCUT2D eigenvalue weighted by Gasteiger charge is 2.26. The third-order valence-corrected chi connectivity index (χ3v) is 4.75. The van der Waals surface area contributed by atoms with E-state index in [1.807, 2.05) is 0 Å². The van der Waals surface area contributed by atoms with Crippen molar-refractivity contribution in [1.29, 1.82) is 0 Å². The van der Waals surface area contributed by atoms with E-state index in [2.05, 4.69) is 5.32 Å². The van der Waals surface area contributed by atoms with Gasteiger partial charge in [-0.1, -0.05) is 12.8 Å². The van der Waals surface area contributed by atoms with Crippen LogP contribution in [0.15, 0.2) is 0 Å². The maximum absolute atomic E-state index is 11.8. The van der Waals surface area contributed by atoms with E-state index in [-0.39, 0.29) is 30.9 Å². The molecule has 2 atom stereocenters. The van der Waals surface area contributed by atoms with Gasteiger partial charge in [0.05, 0.1) is 12.8 Å². The van der Waals surface area contributed by atoms with Crippen molar-refractivity contribution >= 4 is 28.3 Å². The zero-order valence-electron chi connectivity index (χ0n) is 11.5. The van der Waals surface area contributed by atoms with Gasteiger partial charge in [-0.25, -0.2) is 8.42 Å². The smallest absolute Gasteiger partial charge is 0.235 e. The highest BCUT2D eigenvalue weighted by atomic mass is 35.5. The van der Waals surface area contributed by atoms with Gasteiger partial charge >= 0.3 is 0 Å². The summed E-state index contributed by atoms with van der Waals surface area (Å²) in [5.74, 6) is 0.0551. The normalized spacial score (nSPS) is 23.8. The van der Waals surface area contributed by atoms with Crippen LogP contribution in [0.4, 0.5) is 0 Å². The van der Waals surface area contributed by atoms with Gasteiger partial charge in [0.15, 0.2) is 0 Å². The number of sulfonamides is 1. The summed E-state index contributed by atoms with van der Waals surface area (Å²) in [6.45, 7) is 0.430. The largest absolute Gasteiger partial charge is 0.352 e. The van der Waals surface area contributed by atoms with Gasteiger partial charge in [-0.15, -0.1) is 12.4 Å². The summed E-state index contributed by atoms with van der Waals surface area (Å²) in [5.41, 5.74) is 5.68. The molecule has 0 heterocycles. The molecule has 0 spiro atoms. The number of nitrogens with two attached hydrogens (primary N) is 1. The Kier molecular flexibility index (Phi) is 7.88. The molecule has 0 radical (unpaired) electrons. The number of rotatable bonds is 5. The summed E-state index contributed by atoms with van der Waals surface area (Å²) in [6, 6.07) is 0.0872. The van der Waals surface area contributed by atoms with Gasteiger partial charge in [-0.3, -0.25) is 4.79 Å². The lowest BCUT2D eigenvalue weighted by atomic mass is 9.84. The van der Waals surface area contributed by atoms with Crippen LogP contribution in [0.3, 0.4) is 0 Å². The number of likely N-dealkylation sites (N-methyl/N-ethyl adjacent to an activating group) is 1. The van der Waals surface area contributed by atoms with E-state index in [0.717, 1.165) is 36.2 Å². The first-order valence-electron chi connectivity index (χ1n) is 6.25. The van der Waals surface area contributed by atoms with Gasteiger partial charge in [0, 0.05) is 13.1 Å². The van der Waals surface area contributed by atoms with E-state index in [9.17, 15) is 13.2 Å². The lowest BCUT2D eigenvalue weighted by Gasteiger charge is -2.31. The molecule has 0 aromatic heterocycles. The molecule has 1 saturated carbocycles. The first kappa shape index (κ1) is 18.6. The molecule has 0 saturated heterocycles.